The van der Waals surface area contributed by atoms with E-state index in [0.717, 1.165) is 6.07 Å². The number of nitro benzene ring substituents is 1. The number of hydrogen-bond donors (Lipinski definition) is 1. The van der Waals surface area contributed by atoms with Crippen LogP contribution in [0.15, 0.2) is 52.5 Å². The summed E-state index contributed by atoms with van der Waals surface area (Å²) < 4.78 is 31.8. The van der Waals surface area contributed by atoms with Gasteiger partial charge < -0.3 is 4.74 Å². The lowest BCUT2D eigenvalue weighted by molar-refractivity contribution is -0.384. The van der Waals surface area contributed by atoms with Crippen LogP contribution in [-0.4, -0.2) is 50.2 Å². The number of nitrogens with one attached hydrogen (secondary N) is 1. The maximum absolute atomic E-state index is 12.7. The van der Waals surface area contributed by atoms with Crippen molar-refractivity contribution in [2.24, 2.45) is 5.10 Å². The smallest absolute Gasteiger partial charge is 0.295 e. The molecule has 1 aliphatic heterocycles. The predicted molar refractivity (Wildman–Crippen MR) is 105 cm³/mol. The Balaban J connectivity index is 1.84. The summed E-state index contributed by atoms with van der Waals surface area (Å²) >= 11 is 5.89. The average Bonchev–Trinajstić information content (AvgIpc) is 2.68. The zero-order valence-electron chi connectivity index (χ0n) is 14.6. The number of hydrogen-bond acceptors (Lipinski definition) is 7. The van der Waals surface area contributed by atoms with Gasteiger partial charge in [-0.25, -0.2) is 8.42 Å². The van der Waals surface area contributed by atoms with E-state index in [4.69, 9.17) is 16.3 Å². The van der Waals surface area contributed by atoms with Crippen molar-refractivity contribution in [2.45, 2.75) is 4.90 Å². The van der Waals surface area contributed by atoms with Gasteiger partial charge in [-0.2, -0.15) is 9.41 Å². The van der Waals surface area contributed by atoms with E-state index < -0.39 is 20.6 Å². The molecule has 0 aromatic heterocycles. The summed E-state index contributed by atoms with van der Waals surface area (Å²) in [6.45, 7) is 0.998. The van der Waals surface area contributed by atoms with E-state index in [1.807, 2.05) is 0 Å². The summed E-state index contributed by atoms with van der Waals surface area (Å²) in [5.41, 5.74) is 2.96. The molecule has 3 rings (SSSR count). The minimum Gasteiger partial charge on any atom is -0.379 e. The van der Waals surface area contributed by atoms with E-state index in [9.17, 15) is 18.5 Å². The number of sulfonamides is 1. The monoisotopic (exact) mass is 424 g/mol. The van der Waals surface area contributed by atoms with Crippen LogP contribution in [0.1, 0.15) is 5.56 Å². The first-order valence-electron chi connectivity index (χ1n) is 8.29. The Morgan fingerprint density at radius 3 is 2.64 bits per heavy atom. The normalized spacial score (nSPS) is 15.6. The van der Waals surface area contributed by atoms with Gasteiger partial charge in [0.25, 0.3) is 5.69 Å². The Hall–Kier alpha value is -2.53. The first-order chi connectivity index (χ1) is 13.4. The summed E-state index contributed by atoms with van der Waals surface area (Å²) in [7, 11) is -3.84. The van der Waals surface area contributed by atoms with E-state index in [0.29, 0.717) is 23.8 Å². The molecule has 1 fully saturated rings. The Labute approximate surface area is 166 Å². The lowest BCUT2D eigenvalue weighted by atomic mass is 10.2. The lowest BCUT2D eigenvalue weighted by Crippen LogP contribution is -2.40. The summed E-state index contributed by atoms with van der Waals surface area (Å²) in [5.74, 6) is 0. The van der Waals surface area contributed by atoms with E-state index in [2.05, 4.69) is 10.5 Å². The van der Waals surface area contributed by atoms with Crippen LogP contribution < -0.4 is 5.43 Å². The highest BCUT2D eigenvalue weighted by molar-refractivity contribution is 7.89. The van der Waals surface area contributed by atoms with Crippen LogP contribution in [0.5, 0.6) is 0 Å². The standard InChI is InChI=1S/C17H17ClN4O5S/c18-14-3-1-2-13(10-14)12-19-20-16-5-4-15(11-17(16)22(23)24)28(25,26)21-6-8-27-9-7-21/h1-5,10-12,20H,6-9H2/b19-12+. The Bertz CT molecular complexity index is 1010. The molecule has 148 valence electrons. The number of rotatable bonds is 6. The molecule has 2 aromatic rings. The molecule has 0 spiro atoms. The minimum absolute atomic E-state index is 0.0733. The van der Waals surface area contributed by atoms with Gasteiger partial charge in [0.05, 0.1) is 29.2 Å². The van der Waals surface area contributed by atoms with Crippen LogP contribution in [0.2, 0.25) is 5.02 Å². The first kappa shape index (κ1) is 20.2. The van der Waals surface area contributed by atoms with Gasteiger partial charge in [0, 0.05) is 24.2 Å². The average molecular weight is 425 g/mol. The molecular weight excluding hydrogens is 408 g/mol. The van der Waals surface area contributed by atoms with Gasteiger partial charge in [0.2, 0.25) is 10.0 Å². The number of hydrazone groups is 1. The maximum Gasteiger partial charge on any atom is 0.295 e. The van der Waals surface area contributed by atoms with Crippen LogP contribution in [0.25, 0.3) is 0 Å². The summed E-state index contributed by atoms with van der Waals surface area (Å²) in [6, 6.07) is 10.6. The molecule has 11 heteroatoms. The second-order valence-corrected chi connectivity index (χ2v) is 8.25. The summed E-state index contributed by atoms with van der Waals surface area (Å²) in [6.07, 6.45) is 1.45. The van der Waals surface area contributed by atoms with Gasteiger partial charge >= 0.3 is 0 Å². The topological polar surface area (TPSA) is 114 Å². The van der Waals surface area contributed by atoms with Crippen LogP contribution in [-0.2, 0) is 14.8 Å². The van der Waals surface area contributed by atoms with Gasteiger partial charge in [0.15, 0.2) is 0 Å². The fourth-order valence-corrected chi connectivity index (χ4v) is 4.24. The molecule has 0 unspecified atom stereocenters. The van der Waals surface area contributed by atoms with Crippen molar-refractivity contribution < 1.29 is 18.1 Å². The van der Waals surface area contributed by atoms with Crippen LogP contribution in [0.3, 0.4) is 0 Å². The maximum atomic E-state index is 12.7. The van der Waals surface area contributed by atoms with E-state index >= 15 is 0 Å². The molecule has 1 heterocycles. The SMILES string of the molecule is O=[N+]([O-])c1cc(S(=O)(=O)N2CCOCC2)ccc1N/N=C/c1cccc(Cl)c1. The van der Waals surface area contributed by atoms with Gasteiger partial charge in [-0.15, -0.1) is 0 Å². The van der Waals surface area contributed by atoms with Crippen molar-refractivity contribution in [3.63, 3.8) is 0 Å². The molecule has 0 bridgehead atoms. The third-order valence-corrected chi connectivity index (χ3v) is 6.15. The molecule has 0 saturated carbocycles. The third-order valence-electron chi connectivity index (χ3n) is 4.02. The summed E-state index contributed by atoms with van der Waals surface area (Å²) in [4.78, 5) is 10.6. The predicted octanol–water partition coefficient (Wildman–Crippen LogP) is 2.72. The lowest BCUT2D eigenvalue weighted by Gasteiger charge is -2.26. The van der Waals surface area contributed by atoms with E-state index in [1.54, 1.807) is 24.3 Å². The highest BCUT2D eigenvalue weighted by Gasteiger charge is 2.28. The molecule has 1 aliphatic rings. The van der Waals surface area contributed by atoms with Crippen molar-refractivity contribution >= 4 is 39.2 Å². The third kappa shape index (κ3) is 4.65. The number of halogens is 1. The van der Waals surface area contributed by atoms with Crippen molar-refractivity contribution in [1.82, 2.24) is 4.31 Å². The fourth-order valence-electron chi connectivity index (χ4n) is 2.62. The zero-order valence-corrected chi connectivity index (χ0v) is 16.2. The molecule has 1 N–H and O–H groups in total. The Morgan fingerprint density at radius 1 is 1.21 bits per heavy atom. The second kappa shape index (κ2) is 8.65. The highest BCUT2D eigenvalue weighted by Crippen LogP contribution is 2.29. The molecule has 0 aliphatic carbocycles. The quantitative estimate of drug-likeness (QED) is 0.433. The summed E-state index contributed by atoms with van der Waals surface area (Å²) in [5, 5.41) is 15.9. The molecule has 1 saturated heterocycles. The molecule has 2 aromatic carbocycles. The first-order valence-corrected chi connectivity index (χ1v) is 10.1. The van der Waals surface area contributed by atoms with E-state index in [-0.39, 0.29) is 23.7 Å². The number of anilines is 1. The number of nitrogens with zero attached hydrogens (tertiary/aromatic N) is 3. The fraction of sp³-hybridized carbons (Fsp3) is 0.235. The molecule has 0 radical (unpaired) electrons. The molecule has 28 heavy (non-hydrogen) atoms. The zero-order chi connectivity index (χ0) is 20.1. The Morgan fingerprint density at radius 2 is 1.96 bits per heavy atom. The number of nitro groups is 1. The molecular formula is C17H17ClN4O5S. The van der Waals surface area contributed by atoms with Crippen LogP contribution in [0.4, 0.5) is 11.4 Å². The van der Waals surface area contributed by atoms with Crippen molar-refractivity contribution in [3.8, 4) is 0 Å². The largest absolute Gasteiger partial charge is 0.379 e. The van der Waals surface area contributed by atoms with Crippen LogP contribution >= 0.6 is 11.6 Å². The van der Waals surface area contributed by atoms with Gasteiger partial charge in [0.1, 0.15) is 5.69 Å². The second-order valence-electron chi connectivity index (χ2n) is 5.88. The molecule has 0 atom stereocenters. The number of morpholine rings is 1. The molecule has 9 nitrogen and oxygen atoms in total. The minimum atomic E-state index is -3.84. The van der Waals surface area contributed by atoms with Crippen molar-refractivity contribution in [3.05, 3.63) is 63.2 Å². The van der Waals surface area contributed by atoms with Gasteiger partial charge in [-0.3, -0.25) is 15.5 Å². The van der Waals surface area contributed by atoms with Gasteiger partial charge in [-0.05, 0) is 29.8 Å². The molecule has 0 amide bonds. The van der Waals surface area contributed by atoms with Crippen molar-refractivity contribution in [2.75, 3.05) is 31.7 Å². The Kier molecular flexibility index (Phi) is 6.25. The van der Waals surface area contributed by atoms with Crippen molar-refractivity contribution in [1.29, 1.82) is 0 Å². The number of ether oxygens (including phenoxy) is 1. The number of benzene rings is 2. The van der Waals surface area contributed by atoms with E-state index in [1.165, 1.54) is 22.7 Å². The van der Waals surface area contributed by atoms with Gasteiger partial charge in [-0.1, -0.05) is 23.7 Å². The van der Waals surface area contributed by atoms with Crippen LogP contribution in [0, 0.1) is 10.1 Å². The highest BCUT2D eigenvalue weighted by atomic mass is 35.5.